The fourth-order valence-electron chi connectivity index (χ4n) is 2.90. The summed E-state index contributed by atoms with van der Waals surface area (Å²) in [5.74, 6) is -0.774. The third kappa shape index (κ3) is 3.49. The molecule has 0 aliphatic carbocycles. The SMILES string of the molecule is CO[C@@H]1O[C@H](COS(=O)(=O)c2ccc(C)cc2)[C@@H]2OC(C)(C)O[C@H]12. The van der Waals surface area contributed by atoms with E-state index in [1.165, 1.54) is 19.2 Å². The molecule has 0 unspecified atom stereocenters. The zero-order valence-corrected chi connectivity index (χ0v) is 14.9. The van der Waals surface area contributed by atoms with Gasteiger partial charge in [0.15, 0.2) is 12.1 Å². The van der Waals surface area contributed by atoms with E-state index >= 15 is 0 Å². The average molecular weight is 358 g/mol. The van der Waals surface area contributed by atoms with Crippen LogP contribution in [0.15, 0.2) is 29.2 Å². The lowest BCUT2D eigenvalue weighted by Crippen LogP contribution is -2.33. The first kappa shape index (κ1) is 17.8. The Bertz CT molecular complexity index is 683. The third-order valence-corrected chi connectivity index (χ3v) is 5.33. The predicted molar refractivity (Wildman–Crippen MR) is 83.8 cm³/mol. The van der Waals surface area contributed by atoms with Crippen molar-refractivity contribution in [2.75, 3.05) is 13.7 Å². The van der Waals surface area contributed by atoms with Crippen molar-refractivity contribution in [1.82, 2.24) is 0 Å². The first-order chi connectivity index (χ1) is 11.2. The molecule has 24 heavy (non-hydrogen) atoms. The lowest BCUT2D eigenvalue weighted by atomic mass is 10.1. The highest BCUT2D eigenvalue weighted by Gasteiger charge is 2.55. The van der Waals surface area contributed by atoms with E-state index < -0.39 is 40.5 Å². The van der Waals surface area contributed by atoms with Gasteiger partial charge in [0, 0.05) is 7.11 Å². The zero-order valence-electron chi connectivity index (χ0n) is 14.1. The van der Waals surface area contributed by atoms with Gasteiger partial charge in [-0.2, -0.15) is 8.42 Å². The van der Waals surface area contributed by atoms with Crippen LogP contribution in [-0.2, 0) is 33.2 Å². The summed E-state index contributed by atoms with van der Waals surface area (Å²) in [4.78, 5) is 0.106. The second-order valence-corrected chi connectivity index (χ2v) is 8.01. The summed E-state index contributed by atoms with van der Waals surface area (Å²) in [6.07, 6.45) is -2.08. The standard InChI is InChI=1S/C16H22O7S/c1-10-5-7-11(8-6-10)24(17,18)20-9-12-13-14(15(19-4)21-12)23-16(2,3)22-13/h5-8,12-15H,9H2,1-4H3/t12-,13+,14+,15-/m1/s1. The van der Waals surface area contributed by atoms with E-state index in [2.05, 4.69) is 0 Å². The van der Waals surface area contributed by atoms with Gasteiger partial charge in [-0.25, -0.2) is 0 Å². The molecular weight excluding hydrogens is 336 g/mol. The maximum absolute atomic E-state index is 12.3. The maximum Gasteiger partial charge on any atom is 0.297 e. The highest BCUT2D eigenvalue weighted by molar-refractivity contribution is 7.86. The van der Waals surface area contributed by atoms with Gasteiger partial charge in [-0.05, 0) is 32.9 Å². The second-order valence-electron chi connectivity index (χ2n) is 6.40. The first-order valence-electron chi connectivity index (χ1n) is 7.72. The fraction of sp³-hybridized carbons (Fsp3) is 0.625. The van der Waals surface area contributed by atoms with E-state index in [9.17, 15) is 8.42 Å². The number of benzene rings is 1. The molecule has 2 aliphatic rings. The van der Waals surface area contributed by atoms with Gasteiger partial charge in [0.2, 0.25) is 0 Å². The van der Waals surface area contributed by atoms with E-state index in [4.69, 9.17) is 23.1 Å². The van der Waals surface area contributed by atoms with Crippen molar-refractivity contribution < 1.29 is 31.5 Å². The van der Waals surface area contributed by atoms with Crippen LogP contribution in [0.5, 0.6) is 0 Å². The van der Waals surface area contributed by atoms with Gasteiger partial charge in [-0.1, -0.05) is 17.7 Å². The van der Waals surface area contributed by atoms with Gasteiger partial charge in [-0.15, -0.1) is 0 Å². The van der Waals surface area contributed by atoms with Crippen molar-refractivity contribution in [2.24, 2.45) is 0 Å². The fourth-order valence-corrected chi connectivity index (χ4v) is 3.81. The molecule has 4 atom stereocenters. The van der Waals surface area contributed by atoms with Crippen molar-refractivity contribution >= 4 is 10.1 Å². The molecule has 2 fully saturated rings. The molecule has 8 heteroatoms. The van der Waals surface area contributed by atoms with E-state index in [1.54, 1.807) is 26.0 Å². The number of rotatable bonds is 5. The molecule has 0 radical (unpaired) electrons. The second kappa shape index (κ2) is 6.36. The predicted octanol–water partition coefficient (Wildman–Crippen LogP) is 1.59. The summed E-state index contributed by atoms with van der Waals surface area (Å²) < 4.78 is 52.2. The number of hydrogen-bond acceptors (Lipinski definition) is 7. The molecule has 3 rings (SSSR count). The topological polar surface area (TPSA) is 80.3 Å². The smallest absolute Gasteiger partial charge is 0.297 e. The largest absolute Gasteiger partial charge is 0.353 e. The molecule has 2 heterocycles. The van der Waals surface area contributed by atoms with Crippen LogP contribution in [0.1, 0.15) is 19.4 Å². The van der Waals surface area contributed by atoms with Crippen molar-refractivity contribution in [3.05, 3.63) is 29.8 Å². The van der Waals surface area contributed by atoms with Crippen LogP contribution < -0.4 is 0 Å². The number of fused-ring (bicyclic) bond motifs is 1. The Kier molecular flexibility index (Phi) is 4.71. The minimum Gasteiger partial charge on any atom is -0.353 e. The molecule has 0 amide bonds. The van der Waals surface area contributed by atoms with Gasteiger partial charge in [0.05, 0.1) is 11.5 Å². The monoisotopic (exact) mass is 358 g/mol. The molecule has 0 saturated carbocycles. The van der Waals surface area contributed by atoms with Crippen molar-refractivity contribution in [1.29, 1.82) is 0 Å². The molecule has 2 saturated heterocycles. The molecule has 0 spiro atoms. The van der Waals surface area contributed by atoms with Crippen LogP contribution in [-0.4, -0.2) is 52.5 Å². The lowest BCUT2D eigenvalue weighted by Gasteiger charge is -2.23. The molecule has 2 aliphatic heterocycles. The van der Waals surface area contributed by atoms with E-state index in [0.29, 0.717) is 0 Å². The molecule has 0 aromatic heterocycles. The minimum atomic E-state index is -3.86. The molecule has 1 aromatic rings. The maximum atomic E-state index is 12.3. The van der Waals surface area contributed by atoms with Crippen LogP contribution in [0.4, 0.5) is 0 Å². The minimum absolute atomic E-state index is 0.106. The molecule has 0 bridgehead atoms. The lowest BCUT2D eigenvalue weighted by molar-refractivity contribution is -0.229. The summed E-state index contributed by atoms with van der Waals surface area (Å²) in [7, 11) is -2.36. The van der Waals surface area contributed by atoms with Crippen molar-refractivity contribution in [3.8, 4) is 0 Å². The highest BCUT2D eigenvalue weighted by atomic mass is 32.2. The highest BCUT2D eigenvalue weighted by Crippen LogP contribution is 2.39. The third-order valence-electron chi connectivity index (χ3n) is 4.04. The van der Waals surface area contributed by atoms with Crippen LogP contribution in [0.3, 0.4) is 0 Å². The normalized spacial score (nSPS) is 32.0. The van der Waals surface area contributed by atoms with E-state index in [0.717, 1.165) is 5.56 Å². The Morgan fingerprint density at radius 1 is 1.12 bits per heavy atom. The Morgan fingerprint density at radius 2 is 1.75 bits per heavy atom. The Labute approximate surface area is 141 Å². The van der Waals surface area contributed by atoms with E-state index in [1.807, 2.05) is 6.92 Å². The molecule has 7 nitrogen and oxygen atoms in total. The number of aryl methyl sites for hydroxylation is 1. The van der Waals surface area contributed by atoms with Gasteiger partial charge in [-0.3, -0.25) is 4.18 Å². The molecule has 134 valence electrons. The first-order valence-corrected chi connectivity index (χ1v) is 9.13. The molecule has 1 aromatic carbocycles. The van der Waals surface area contributed by atoms with Gasteiger partial charge < -0.3 is 18.9 Å². The summed E-state index contributed by atoms with van der Waals surface area (Å²) in [5, 5.41) is 0. The number of ether oxygens (including phenoxy) is 4. The van der Waals surface area contributed by atoms with Crippen molar-refractivity contribution in [2.45, 2.75) is 56.1 Å². The van der Waals surface area contributed by atoms with Gasteiger partial charge in [0.25, 0.3) is 10.1 Å². The zero-order chi connectivity index (χ0) is 17.5. The quantitative estimate of drug-likeness (QED) is 0.740. The molecular formula is C16H22O7S. The Hall–Kier alpha value is -1.03. The van der Waals surface area contributed by atoms with Gasteiger partial charge in [0.1, 0.15) is 18.3 Å². The number of hydrogen-bond donors (Lipinski definition) is 0. The average Bonchev–Trinajstić information content (AvgIpc) is 2.99. The van der Waals surface area contributed by atoms with Crippen molar-refractivity contribution in [3.63, 3.8) is 0 Å². The summed E-state index contributed by atoms with van der Waals surface area (Å²) in [6, 6.07) is 6.46. The number of methoxy groups -OCH3 is 1. The van der Waals surface area contributed by atoms with Crippen LogP contribution in [0, 0.1) is 6.92 Å². The van der Waals surface area contributed by atoms with Gasteiger partial charge >= 0.3 is 0 Å². The van der Waals surface area contributed by atoms with Crippen LogP contribution in [0.25, 0.3) is 0 Å². The molecule has 0 N–H and O–H groups in total. The Balaban J connectivity index is 1.69. The van der Waals surface area contributed by atoms with Crippen LogP contribution in [0.2, 0.25) is 0 Å². The van der Waals surface area contributed by atoms with E-state index in [-0.39, 0.29) is 11.5 Å². The summed E-state index contributed by atoms with van der Waals surface area (Å²) >= 11 is 0. The summed E-state index contributed by atoms with van der Waals surface area (Å²) in [5.41, 5.74) is 0.970. The van der Waals surface area contributed by atoms with Crippen LogP contribution >= 0.6 is 0 Å². The Morgan fingerprint density at radius 3 is 2.38 bits per heavy atom. The summed E-state index contributed by atoms with van der Waals surface area (Å²) in [6.45, 7) is 5.29.